The van der Waals surface area contributed by atoms with Gasteiger partial charge in [-0.2, -0.15) is 9.97 Å². The van der Waals surface area contributed by atoms with Crippen molar-refractivity contribution in [1.82, 2.24) is 9.97 Å². The Balaban J connectivity index is 1.52. The van der Waals surface area contributed by atoms with E-state index in [0.29, 0.717) is 22.8 Å². The van der Waals surface area contributed by atoms with E-state index in [-0.39, 0.29) is 18.3 Å². The number of amides is 1. The number of nitrogens with one attached hydrogen (secondary N) is 1. The molecule has 5 nitrogen and oxygen atoms in total. The molecule has 0 saturated carbocycles. The first-order valence-electron chi connectivity index (χ1n) is 9.45. The van der Waals surface area contributed by atoms with Crippen molar-refractivity contribution in [1.29, 1.82) is 0 Å². The number of ether oxygens (including phenoxy) is 1. The van der Waals surface area contributed by atoms with Crippen LogP contribution in [0.2, 0.25) is 0 Å². The van der Waals surface area contributed by atoms with Crippen molar-refractivity contribution >= 4 is 22.4 Å². The van der Waals surface area contributed by atoms with E-state index in [1.54, 1.807) is 0 Å². The lowest BCUT2D eigenvalue weighted by Gasteiger charge is -2.13. The molecule has 5 heteroatoms. The highest BCUT2D eigenvalue weighted by Crippen LogP contribution is 2.24. The van der Waals surface area contributed by atoms with E-state index >= 15 is 0 Å². The van der Waals surface area contributed by atoms with Gasteiger partial charge < -0.3 is 10.1 Å². The van der Waals surface area contributed by atoms with Gasteiger partial charge in [0, 0.05) is 0 Å². The van der Waals surface area contributed by atoms with E-state index in [1.165, 1.54) is 0 Å². The lowest BCUT2D eigenvalue weighted by molar-refractivity contribution is -0.115. The summed E-state index contributed by atoms with van der Waals surface area (Å²) in [5, 5.41) is 5.17. The molecule has 0 bridgehead atoms. The SMILES string of the molecule is Cc1nc(Oc2ccccc2)nc(C)c1NC(=O)Cc1cccc2ccccc12. The molecule has 1 heterocycles. The summed E-state index contributed by atoms with van der Waals surface area (Å²) in [4.78, 5) is 21.5. The molecule has 0 unspecified atom stereocenters. The van der Waals surface area contributed by atoms with Crippen molar-refractivity contribution < 1.29 is 9.53 Å². The molecular weight excluding hydrogens is 362 g/mol. The van der Waals surface area contributed by atoms with E-state index in [9.17, 15) is 4.79 Å². The molecule has 0 saturated heterocycles. The Hall–Kier alpha value is -3.73. The van der Waals surface area contributed by atoms with Crippen LogP contribution in [0.15, 0.2) is 72.8 Å². The highest BCUT2D eigenvalue weighted by molar-refractivity contribution is 5.96. The highest BCUT2D eigenvalue weighted by atomic mass is 16.5. The average Bonchev–Trinajstić information content (AvgIpc) is 2.72. The van der Waals surface area contributed by atoms with E-state index in [0.717, 1.165) is 16.3 Å². The van der Waals surface area contributed by atoms with Gasteiger partial charge in [0.1, 0.15) is 5.75 Å². The standard InChI is InChI=1S/C24H21N3O2/c1-16-23(17(2)26-24(25-16)29-20-12-4-3-5-13-20)27-22(28)15-19-11-8-10-18-9-6-7-14-21(18)19/h3-14H,15H2,1-2H3,(H,27,28). The summed E-state index contributed by atoms with van der Waals surface area (Å²) in [7, 11) is 0. The summed E-state index contributed by atoms with van der Waals surface area (Å²) in [6.07, 6.45) is 0.280. The monoisotopic (exact) mass is 383 g/mol. The fourth-order valence-corrected chi connectivity index (χ4v) is 3.31. The number of fused-ring (bicyclic) bond motifs is 1. The Labute approximate surface area is 169 Å². The smallest absolute Gasteiger partial charge is 0.322 e. The summed E-state index contributed by atoms with van der Waals surface area (Å²) < 4.78 is 5.71. The number of para-hydroxylation sites is 1. The number of carbonyl (C=O) groups is 1. The Morgan fingerprint density at radius 2 is 1.52 bits per heavy atom. The number of anilines is 1. The molecule has 4 rings (SSSR count). The third kappa shape index (κ3) is 4.24. The molecule has 0 aliphatic heterocycles. The van der Waals surface area contributed by atoms with Gasteiger partial charge in [-0.1, -0.05) is 60.7 Å². The molecule has 0 radical (unpaired) electrons. The normalized spacial score (nSPS) is 10.7. The number of carbonyl (C=O) groups excluding carboxylic acids is 1. The van der Waals surface area contributed by atoms with Crippen LogP contribution in [0.25, 0.3) is 10.8 Å². The minimum absolute atomic E-state index is 0.104. The zero-order chi connectivity index (χ0) is 20.2. The van der Waals surface area contributed by atoms with Gasteiger partial charge in [0.25, 0.3) is 0 Å². The largest absolute Gasteiger partial charge is 0.424 e. The number of nitrogens with zero attached hydrogens (tertiary/aromatic N) is 2. The van der Waals surface area contributed by atoms with Crippen molar-refractivity contribution in [3.8, 4) is 11.8 Å². The quantitative estimate of drug-likeness (QED) is 0.513. The topological polar surface area (TPSA) is 64.1 Å². The molecular formula is C24H21N3O2. The van der Waals surface area contributed by atoms with Gasteiger partial charge in [-0.15, -0.1) is 0 Å². The number of benzene rings is 3. The Bertz CT molecular complexity index is 1140. The second-order valence-corrected chi connectivity index (χ2v) is 6.83. The lowest BCUT2D eigenvalue weighted by Crippen LogP contribution is -2.17. The van der Waals surface area contributed by atoms with Crippen LogP contribution in [-0.2, 0) is 11.2 Å². The van der Waals surface area contributed by atoms with E-state index in [1.807, 2.05) is 86.6 Å². The Kier molecular flexibility index (Phi) is 5.20. The number of aromatic nitrogens is 2. The molecule has 29 heavy (non-hydrogen) atoms. The van der Waals surface area contributed by atoms with Crippen LogP contribution in [-0.4, -0.2) is 15.9 Å². The summed E-state index contributed by atoms with van der Waals surface area (Å²) in [5.41, 5.74) is 2.93. The van der Waals surface area contributed by atoms with Crippen LogP contribution in [0.5, 0.6) is 11.8 Å². The van der Waals surface area contributed by atoms with Gasteiger partial charge >= 0.3 is 6.01 Å². The van der Waals surface area contributed by atoms with Crippen molar-refractivity contribution in [3.05, 3.63) is 89.7 Å². The maximum atomic E-state index is 12.7. The summed E-state index contributed by atoms with van der Waals surface area (Å²) in [6.45, 7) is 3.67. The first-order valence-corrected chi connectivity index (χ1v) is 9.45. The number of hydrogen-bond donors (Lipinski definition) is 1. The second kappa shape index (κ2) is 8.10. The number of aryl methyl sites for hydroxylation is 2. The maximum Gasteiger partial charge on any atom is 0.322 e. The third-order valence-electron chi connectivity index (χ3n) is 4.70. The number of rotatable bonds is 5. The average molecular weight is 383 g/mol. The number of hydrogen-bond acceptors (Lipinski definition) is 4. The lowest BCUT2D eigenvalue weighted by atomic mass is 10.0. The van der Waals surface area contributed by atoms with Gasteiger partial charge in [0.05, 0.1) is 23.5 Å². The highest BCUT2D eigenvalue weighted by Gasteiger charge is 2.14. The van der Waals surface area contributed by atoms with Crippen LogP contribution < -0.4 is 10.1 Å². The van der Waals surface area contributed by atoms with Crippen LogP contribution >= 0.6 is 0 Å². The molecule has 144 valence electrons. The van der Waals surface area contributed by atoms with Gasteiger partial charge in [-0.3, -0.25) is 4.79 Å². The second-order valence-electron chi connectivity index (χ2n) is 6.83. The van der Waals surface area contributed by atoms with E-state index < -0.39 is 0 Å². The minimum Gasteiger partial charge on any atom is -0.424 e. The predicted octanol–water partition coefficient (Wildman–Crippen LogP) is 5.22. The van der Waals surface area contributed by atoms with Gasteiger partial charge in [-0.05, 0) is 42.3 Å². The van der Waals surface area contributed by atoms with Gasteiger partial charge in [0.2, 0.25) is 5.91 Å². The van der Waals surface area contributed by atoms with Crippen LogP contribution in [0.3, 0.4) is 0 Å². The predicted molar refractivity (Wildman–Crippen MR) is 114 cm³/mol. The third-order valence-corrected chi connectivity index (χ3v) is 4.70. The molecule has 1 aromatic heterocycles. The van der Waals surface area contributed by atoms with Crippen LogP contribution in [0, 0.1) is 13.8 Å². The van der Waals surface area contributed by atoms with Gasteiger partial charge in [0.15, 0.2) is 0 Å². The molecule has 3 aromatic carbocycles. The van der Waals surface area contributed by atoms with E-state index in [2.05, 4.69) is 15.3 Å². The zero-order valence-electron chi connectivity index (χ0n) is 16.3. The first-order chi connectivity index (χ1) is 14.1. The molecule has 4 aromatic rings. The summed E-state index contributed by atoms with van der Waals surface area (Å²) in [6, 6.07) is 23.7. The Morgan fingerprint density at radius 1 is 0.862 bits per heavy atom. The zero-order valence-corrected chi connectivity index (χ0v) is 16.3. The maximum absolute atomic E-state index is 12.7. The first kappa shape index (κ1) is 18.6. The minimum atomic E-state index is -0.104. The van der Waals surface area contributed by atoms with Crippen molar-refractivity contribution in [2.45, 2.75) is 20.3 Å². The molecule has 0 atom stereocenters. The van der Waals surface area contributed by atoms with Crippen molar-refractivity contribution in [2.24, 2.45) is 0 Å². The molecule has 1 amide bonds. The summed E-state index contributed by atoms with van der Waals surface area (Å²) in [5.74, 6) is 0.562. The molecule has 0 aliphatic rings. The molecule has 0 spiro atoms. The fraction of sp³-hybridized carbons (Fsp3) is 0.125. The van der Waals surface area contributed by atoms with E-state index in [4.69, 9.17) is 4.74 Å². The molecule has 0 aliphatic carbocycles. The van der Waals surface area contributed by atoms with Crippen LogP contribution in [0.1, 0.15) is 17.0 Å². The molecule has 0 fully saturated rings. The van der Waals surface area contributed by atoms with Crippen molar-refractivity contribution in [3.63, 3.8) is 0 Å². The Morgan fingerprint density at radius 3 is 2.28 bits per heavy atom. The molecule has 1 N–H and O–H groups in total. The summed E-state index contributed by atoms with van der Waals surface area (Å²) >= 11 is 0. The van der Waals surface area contributed by atoms with Crippen LogP contribution in [0.4, 0.5) is 5.69 Å². The fourth-order valence-electron chi connectivity index (χ4n) is 3.31. The van der Waals surface area contributed by atoms with Gasteiger partial charge in [-0.25, -0.2) is 0 Å². The van der Waals surface area contributed by atoms with Crippen molar-refractivity contribution in [2.75, 3.05) is 5.32 Å².